The molecule has 2 aromatic carbocycles. The Bertz CT molecular complexity index is 1500. The minimum absolute atomic E-state index is 0.117. The summed E-state index contributed by atoms with van der Waals surface area (Å²) in [7, 11) is 4.08. The molecule has 5 rings (SSSR count). The van der Waals surface area contributed by atoms with Gasteiger partial charge in [0.15, 0.2) is 11.6 Å². The average molecular weight is 593 g/mol. The fourth-order valence-electron chi connectivity index (χ4n) is 5.28. The quantitative estimate of drug-likeness (QED) is 0.342. The molecule has 2 fully saturated rings. The van der Waals surface area contributed by atoms with Crippen LogP contribution in [0.5, 0.6) is 11.5 Å². The lowest BCUT2D eigenvalue weighted by molar-refractivity contribution is -0.133. The summed E-state index contributed by atoms with van der Waals surface area (Å²) in [5.41, 5.74) is 4.50. The summed E-state index contributed by atoms with van der Waals surface area (Å²) in [6, 6.07) is 11.7. The Morgan fingerprint density at radius 3 is 2.30 bits per heavy atom. The van der Waals surface area contributed by atoms with E-state index in [1.165, 1.54) is 54.7 Å². The van der Waals surface area contributed by atoms with Crippen LogP contribution in [0.1, 0.15) is 25.7 Å². The molecule has 4 amide bonds. The molecule has 0 spiro atoms. The monoisotopic (exact) mass is 592 g/mol. The number of benzene rings is 2. The number of nitrogens with two attached hydrogens (primary N) is 1. The number of carbonyl (C=O) groups excluding carboxylic acids is 3. The number of nitrogens with one attached hydrogen (secondary N) is 1. The van der Waals surface area contributed by atoms with Crippen LogP contribution in [0, 0.1) is 23.0 Å². The predicted octanol–water partition coefficient (Wildman–Crippen LogP) is 4.89. The largest absolute Gasteiger partial charge is 0.454 e. The number of carbonyl (C=O) groups is 3. The van der Waals surface area contributed by atoms with Crippen molar-refractivity contribution in [2.75, 3.05) is 43.9 Å². The van der Waals surface area contributed by atoms with Crippen LogP contribution in [0.2, 0.25) is 0 Å². The van der Waals surface area contributed by atoms with Crippen molar-refractivity contribution in [3.8, 4) is 11.5 Å². The van der Waals surface area contributed by atoms with E-state index >= 15 is 4.39 Å². The van der Waals surface area contributed by atoms with Gasteiger partial charge >= 0.3 is 6.03 Å². The molecule has 1 aromatic heterocycles. The number of aromatic nitrogens is 1. The second-order valence-electron chi connectivity index (χ2n) is 11.3. The van der Waals surface area contributed by atoms with Crippen LogP contribution >= 0.6 is 0 Å². The van der Waals surface area contributed by atoms with Gasteiger partial charge in [-0.2, -0.15) is 0 Å². The first kappa shape index (κ1) is 29.9. The second-order valence-corrected chi connectivity index (χ2v) is 11.3. The lowest BCUT2D eigenvalue weighted by Gasteiger charge is -2.33. The van der Waals surface area contributed by atoms with Gasteiger partial charge in [0.1, 0.15) is 22.8 Å². The van der Waals surface area contributed by atoms with Crippen LogP contribution in [-0.4, -0.2) is 66.4 Å². The lowest BCUT2D eigenvalue weighted by Crippen LogP contribution is -2.42. The topological polar surface area (TPSA) is 121 Å². The van der Waals surface area contributed by atoms with Crippen LogP contribution in [-0.2, 0) is 9.59 Å². The van der Waals surface area contributed by atoms with Crippen molar-refractivity contribution in [3.05, 3.63) is 72.4 Å². The number of primary amides is 1. The van der Waals surface area contributed by atoms with Gasteiger partial charge in [-0.3, -0.25) is 19.8 Å². The molecular weight excluding hydrogens is 558 g/mol. The Balaban J connectivity index is 1.29. The predicted molar refractivity (Wildman–Crippen MR) is 157 cm³/mol. The summed E-state index contributed by atoms with van der Waals surface area (Å²) in [6.07, 6.45) is 3.83. The van der Waals surface area contributed by atoms with E-state index in [0.717, 1.165) is 30.4 Å². The molecule has 2 aliphatic rings. The minimum atomic E-state index is -1.39. The van der Waals surface area contributed by atoms with E-state index in [2.05, 4.69) is 15.2 Å². The number of ether oxygens (including phenoxy) is 1. The summed E-state index contributed by atoms with van der Waals surface area (Å²) >= 11 is 0. The van der Waals surface area contributed by atoms with Crippen LogP contribution in [0.3, 0.4) is 0 Å². The highest BCUT2D eigenvalue weighted by Crippen LogP contribution is 2.49. The summed E-state index contributed by atoms with van der Waals surface area (Å²) in [4.78, 5) is 47.6. The van der Waals surface area contributed by atoms with Gasteiger partial charge in [-0.1, -0.05) is 0 Å². The molecule has 3 N–H and O–H groups in total. The third-order valence-corrected chi connectivity index (χ3v) is 7.81. The van der Waals surface area contributed by atoms with Crippen molar-refractivity contribution >= 4 is 35.0 Å². The summed E-state index contributed by atoms with van der Waals surface area (Å²) in [5, 5.41) is 2.78. The fraction of sp³-hybridized carbons (Fsp3) is 0.355. The standard InChI is InChI=1S/C31H34F2N6O4/c1-37(2)19-20-10-15-38(16-11-20)30(42)36-27-18-24(9-14-35-27)43-26-8-7-23(17-25(26)33)39(22-5-3-21(32)4-6-22)29(41)31(12-13-31)28(34)40/h3-9,14,17-18,20H,10-13,15-16,19H2,1-2H3,(H2,34,40)(H,35,36,42). The van der Waals surface area contributed by atoms with Crippen molar-refractivity contribution in [1.29, 1.82) is 0 Å². The number of rotatable bonds is 9. The number of nitrogens with zero attached hydrogens (tertiary/aromatic N) is 4. The van der Waals surface area contributed by atoms with Crippen LogP contribution in [0.15, 0.2) is 60.8 Å². The molecule has 2 heterocycles. The van der Waals surface area contributed by atoms with Crippen molar-refractivity contribution in [3.63, 3.8) is 0 Å². The third kappa shape index (κ3) is 6.75. The molecule has 226 valence electrons. The number of amides is 4. The van der Waals surface area contributed by atoms with E-state index in [1.54, 1.807) is 4.90 Å². The summed E-state index contributed by atoms with van der Waals surface area (Å²) in [5.74, 6) is -1.78. The number of halogens is 2. The number of likely N-dealkylation sites (tertiary alicyclic amines) is 1. The Morgan fingerprint density at radius 1 is 1.02 bits per heavy atom. The van der Waals surface area contributed by atoms with Crippen molar-refractivity contribution < 1.29 is 27.9 Å². The van der Waals surface area contributed by atoms with Crippen molar-refractivity contribution in [2.45, 2.75) is 25.7 Å². The number of anilines is 3. The molecule has 0 bridgehead atoms. The zero-order valence-electron chi connectivity index (χ0n) is 24.1. The maximum atomic E-state index is 15.4. The van der Waals surface area contributed by atoms with Gasteiger partial charge in [0.05, 0.1) is 5.69 Å². The van der Waals surface area contributed by atoms with E-state index in [0.29, 0.717) is 19.0 Å². The van der Waals surface area contributed by atoms with Crippen LogP contribution in [0.4, 0.5) is 30.8 Å². The van der Waals surface area contributed by atoms with E-state index in [9.17, 15) is 18.8 Å². The molecule has 0 radical (unpaired) electrons. The minimum Gasteiger partial charge on any atom is -0.454 e. The molecule has 1 saturated carbocycles. The third-order valence-electron chi connectivity index (χ3n) is 7.81. The zero-order valence-corrected chi connectivity index (χ0v) is 24.1. The van der Waals surface area contributed by atoms with Gasteiger partial charge in [0, 0.05) is 43.7 Å². The lowest BCUT2D eigenvalue weighted by atomic mass is 9.97. The fourth-order valence-corrected chi connectivity index (χ4v) is 5.28. The Labute approximate surface area is 248 Å². The second kappa shape index (κ2) is 12.3. The number of hydrogen-bond donors (Lipinski definition) is 2. The highest BCUT2D eigenvalue weighted by Gasteiger charge is 2.57. The Kier molecular flexibility index (Phi) is 8.58. The first-order valence-corrected chi connectivity index (χ1v) is 14.1. The summed E-state index contributed by atoms with van der Waals surface area (Å²) < 4.78 is 34.7. The molecule has 0 unspecified atom stereocenters. The molecule has 3 aromatic rings. The highest BCUT2D eigenvalue weighted by atomic mass is 19.1. The molecule has 0 atom stereocenters. The van der Waals surface area contributed by atoms with E-state index < -0.39 is 28.9 Å². The number of urea groups is 1. The van der Waals surface area contributed by atoms with Crippen molar-refractivity contribution in [1.82, 2.24) is 14.8 Å². The molecule has 43 heavy (non-hydrogen) atoms. The van der Waals surface area contributed by atoms with Gasteiger partial charge < -0.3 is 20.3 Å². The maximum absolute atomic E-state index is 15.4. The average Bonchev–Trinajstić information content (AvgIpc) is 3.78. The normalized spacial score (nSPS) is 16.1. The number of piperidine rings is 1. The van der Waals surface area contributed by atoms with Gasteiger partial charge in [-0.05, 0) is 88.2 Å². The molecule has 1 aliphatic carbocycles. The van der Waals surface area contributed by atoms with Crippen molar-refractivity contribution in [2.24, 2.45) is 17.1 Å². The number of pyridine rings is 1. The molecule has 12 heteroatoms. The maximum Gasteiger partial charge on any atom is 0.323 e. The molecular formula is C31H34F2N6O4. The SMILES string of the molecule is CN(C)CC1CCN(C(=O)Nc2cc(Oc3ccc(N(C(=O)C4(C(N)=O)CC4)c4ccc(F)cc4)cc3F)ccn2)CC1. The smallest absolute Gasteiger partial charge is 0.323 e. The van der Waals surface area contributed by atoms with Gasteiger partial charge in [-0.15, -0.1) is 0 Å². The van der Waals surface area contributed by atoms with E-state index in [4.69, 9.17) is 10.5 Å². The Hall–Kier alpha value is -4.58. The first-order valence-electron chi connectivity index (χ1n) is 14.1. The van der Waals surface area contributed by atoms with Gasteiger partial charge in [0.2, 0.25) is 11.8 Å². The highest BCUT2D eigenvalue weighted by molar-refractivity contribution is 6.16. The summed E-state index contributed by atoms with van der Waals surface area (Å²) in [6.45, 7) is 2.29. The molecule has 1 saturated heterocycles. The Morgan fingerprint density at radius 2 is 1.70 bits per heavy atom. The van der Waals surface area contributed by atoms with E-state index in [-0.39, 0.29) is 47.6 Å². The number of hydrogen-bond acceptors (Lipinski definition) is 6. The molecule has 10 nitrogen and oxygen atoms in total. The molecule has 1 aliphatic heterocycles. The zero-order chi connectivity index (χ0) is 30.7. The first-order chi connectivity index (χ1) is 20.6. The van der Waals surface area contributed by atoms with Gasteiger partial charge in [0.25, 0.3) is 0 Å². The van der Waals surface area contributed by atoms with E-state index in [1.807, 2.05) is 14.1 Å². The van der Waals surface area contributed by atoms with Crippen LogP contribution in [0.25, 0.3) is 0 Å². The van der Waals surface area contributed by atoms with Crippen LogP contribution < -0.4 is 20.7 Å². The van der Waals surface area contributed by atoms with Gasteiger partial charge in [-0.25, -0.2) is 18.6 Å².